The van der Waals surface area contributed by atoms with Crippen LogP contribution in [0.25, 0.3) is 0 Å². The molecule has 1 atom stereocenters. The summed E-state index contributed by atoms with van der Waals surface area (Å²) in [5.41, 5.74) is -2.57. The fourth-order valence-corrected chi connectivity index (χ4v) is 3.51. The number of fused-ring (bicyclic) bond motifs is 1. The van der Waals surface area contributed by atoms with Crippen LogP contribution < -0.4 is 10.1 Å². The maximum Gasteiger partial charge on any atom is 0.255 e. The van der Waals surface area contributed by atoms with E-state index in [4.69, 9.17) is 23.9 Å². The number of hydrogen-bond donors (Lipinski definition) is 1. The third kappa shape index (κ3) is 4.53. The molecule has 2 aromatic carbocycles. The normalized spacial score (nSPS) is 35.3. The lowest BCUT2D eigenvalue weighted by Gasteiger charge is -2.29. The first kappa shape index (κ1) is 11.4. The van der Waals surface area contributed by atoms with Crippen LogP contribution in [0.15, 0.2) is 36.4 Å². The highest BCUT2D eigenvalue weighted by atomic mass is 19.1. The number of morpholine rings is 1. The number of nitrogens with one attached hydrogen (secondary N) is 1. The molecule has 1 N–H and O–H groups in total. The Morgan fingerprint density at radius 2 is 2.03 bits per heavy atom. The molecule has 178 valence electrons. The first-order valence-electron chi connectivity index (χ1n) is 17.0. The molecule has 0 radical (unpaired) electrons. The summed E-state index contributed by atoms with van der Waals surface area (Å²) in [4.78, 5) is 37.6. The van der Waals surface area contributed by atoms with Crippen molar-refractivity contribution in [1.29, 1.82) is 0 Å². The fraction of sp³-hybridized carbons (Fsp3) is 0.400. The number of rotatable bonds is 6. The Kier molecular flexibility index (Phi) is 3.20. The van der Waals surface area contributed by atoms with Crippen molar-refractivity contribution >= 4 is 17.7 Å². The number of piperidine rings is 1. The number of ether oxygens (including phenoxy) is 2. The SMILES string of the molecule is [2H]C([2H])(Oc1cccc2c1C([2H])([2H])N([C@@H]1CCC(=O)NC1=O)C2=O)c1ccc(C([2H])([2H])N2C([2H])([2H])C([2H])([2H])OC([2H])([2H])C2([2H])[2H])cc1F. The van der Waals surface area contributed by atoms with Gasteiger partial charge in [-0.1, -0.05) is 18.2 Å². The average molecular weight is 482 g/mol. The molecule has 2 aromatic rings. The summed E-state index contributed by atoms with van der Waals surface area (Å²) in [6, 6.07) is 3.86. The summed E-state index contributed by atoms with van der Waals surface area (Å²) in [5.74, 6) is -4.57. The predicted octanol–water partition coefficient (Wildman–Crippen LogP) is 2.00. The van der Waals surface area contributed by atoms with Gasteiger partial charge in [-0.15, -0.1) is 0 Å². The molecule has 0 unspecified atom stereocenters. The van der Waals surface area contributed by atoms with E-state index < -0.39 is 103 Å². The van der Waals surface area contributed by atoms with Gasteiger partial charge in [0, 0.05) is 50.8 Å². The summed E-state index contributed by atoms with van der Waals surface area (Å²) >= 11 is 0. The molecule has 2 fully saturated rings. The molecule has 3 heterocycles. The van der Waals surface area contributed by atoms with Gasteiger partial charge in [-0.3, -0.25) is 24.6 Å². The summed E-state index contributed by atoms with van der Waals surface area (Å²) in [7, 11) is 0. The molecule has 3 aliphatic heterocycles. The number of amides is 3. The number of carbonyl (C=O) groups excluding carboxylic acids is 3. The molecule has 0 aromatic heterocycles. The zero-order valence-corrected chi connectivity index (χ0v) is 17.3. The number of benzene rings is 2. The summed E-state index contributed by atoms with van der Waals surface area (Å²) in [5, 5.41) is 2.04. The number of imide groups is 1. The minimum atomic E-state index is -3.68. The van der Waals surface area contributed by atoms with Crippen LogP contribution in [-0.2, 0) is 33.9 Å². The van der Waals surface area contributed by atoms with E-state index in [1.54, 1.807) is 0 Å². The molecule has 2 saturated heterocycles. The van der Waals surface area contributed by atoms with E-state index in [9.17, 15) is 14.4 Å². The van der Waals surface area contributed by atoms with Crippen molar-refractivity contribution in [1.82, 2.24) is 15.1 Å². The van der Waals surface area contributed by atoms with Crippen molar-refractivity contribution in [3.63, 3.8) is 0 Å². The van der Waals surface area contributed by atoms with E-state index in [-0.39, 0.29) is 18.4 Å². The second kappa shape index (κ2) is 9.52. The fourth-order valence-electron chi connectivity index (χ4n) is 3.51. The second-order valence-corrected chi connectivity index (χ2v) is 7.31. The van der Waals surface area contributed by atoms with Gasteiger partial charge in [0.15, 0.2) is 0 Å². The van der Waals surface area contributed by atoms with E-state index in [1.165, 1.54) is 12.1 Å². The van der Waals surface area contributed by atoms with Gasteiger partial charge in [0.1, 0.15) is 24.2 Å². The first-order valence-corrected chi connectivity index (χ1v) is 10.0. The number of hydrogen-bond acceptors (Lipinski definition) is 6. The van der Waals surface area contributed by atoms with Crippen molar-refractivity contribution in [2.75, 3.05) is 26.1 Å². The van der Waals surface area contributed by atoms with Crippen molar-refractivity contribution < 1.29 is 47.4 Å². The van der Waals surface area contributed by atoms with Gasteiger partial charge in [0.05, 0.1) is 30.6 Å². The largest absolute Gasteiger partial charge is 0.488 e. The average Bonchev–Trinajstić information content (AvgIpc) is 3.12. The lowest BCUT2D eigenvalue weighted by atomic mass is 10.0. The highest BCUT2D eigenvalue weighted by Gasteiger charge is 2.40. The third-order valence-electron chi connectivity index (χ3n) is 5.13. The lowest BCUT2D eigenvalue weighted by Crippen LogP contribution is -2.52. The number of nitrogens with zero attached hydrogens (tertiary/aromatic N) is 2. The maximum absolute atomic E-state index is 15.6. The smallest absolute Gasteiger partial charge is 0.255 e. The van der Waals surface area contributed by atoms with Gasteiger partial charge in [0.2, 0.25) is 11.8 Å². The molecule has 0 aliphatic carbocycles. The Labute approximate surface area is 216 Å². The highest BCUT2D eigenvalue weighted by Crippen LogP contribution is 2.34. The van der Waals surface area contributed by atoms with Gasteiger partial charge in [0.25, 0.3) is 5.91 Å². The molecule has 0 saturated carbocycles. The zero-order chi connectivity index (χ0) is 36.2. The summed E-state index contributed by atoms with van der Waals surface area (Å²) in [6.45, 7) is -24.0. The van der Waals surface area contributed by atoms with Crippen LogP contribution in [-0.4, -0.2) is 59.7 Å². The van der Waals surface area contributed by atoms with Crippen LogP contribution in [0.1, 0.15) is 59.1 Å². The number of halogens is 1. The van der Waals surface area contributed by atoms with Crippen molar-refractivity contribution in [3.05, 3.63) is 64.5 Å². The maximum atomic E-state index is 15.6. The minimum absolute atomic E-state index is 0.174. The molecule has 0 bridgehead atoms. The minimum Gasteiger partial charge on any atom is -0.488 e. The van der Waals surface area contributed by atoms with Crippen LogP contribution in [0, 0.1) is 5.82 Å². The van der Waals surface area contributed by atoms with E-state index >= 15 is 4.39 Å². The molecular formula is C25H26FN3O5. The zero-order valence-electron chi connectivity index (χ0n) is 31.3. The van der Waals surface area contributed by atoms with E-state index in [0.717, 1.165) is 12.1 Å². The third-order valence-corrected chi connectivity index (χ3v) is 5.13. The molecule has 34 heavy (non-hydrogen) atoms. The van der Waals surface area contributed by atoms with Crippen molar-refractivity contribution in [2.24, 2.45) is 0 Å². The molecule has 8 nitrogen and oxygen atoms in total. The molecular weight excluding hydrogens is 441 g/mol. The predicted molar refractivity (Wildman–Crippen MR) is 119 cm³/mol. The molecule has 3 aliphatic rings. The van der Waals surface area contributed by atoms with Crippen molar-refractivity contribution in [2.45, 2.75) is 38.4 Å². The van der Waals surface area contributed by atoms with E-state index in [0.29, 0.717) is 17.0 Å². The highest BCUT2D eigenvalue weighted by molar-refractivity contribution is 6.05. The Morgan fingerprint density at radius 1 is 1.21 bits per heavy atom. The van der Waals surface area contributed by atoms with Crippen LogP contribution in [0.2, 0.25) is 0 Å². The monoisotopic (exact) mass is 481 g/mol. The van der Waals surface area contributed by atoms with Gasteiger partial charge in [-0.2, -0.15) is 0 Å². The van der Waals surface area contributed by atoms with Crippen molar-refractivity contribution in [3.8, 4) is 5.75 Å². The van der Waals surface area contributed by atoms with Crippen LogP contribution in [0.5, 0.6) is 5.75 Å². The Hall–Kier alpha value is -3.30. The van der Waals surface area contributed by atoms with Gasteiger partial charge < -0.3 is 14.4 Å². The summed E-state index contributed by atoms with van der Waals surface area (Å²) < 4.78 is 141. The first-order chi connectivity index (χ1) is 21.7. The Bertz CT molecular complexity index is 1700. The van der Waals surface area contributed by atoms with Crippen LogP contribution >= 0.6 is 0 Å². The standard InChI is InChI=1S/C25H26FN3O5/c26-20-12-16(13-28-8-10-33-11-9-28)4-5-17(20)15-34-22-3-1-2-18-19(22)14-29(25(18)32)21-6-7-23(30)27-24(21)31/h1-5,12,21H,6-11,13-15H2,(H,27,30,31)/t21-/m1/s1/i8D2,9D2,10D2,11D2,13D2,14D2,15D2. The topological polar surface area (TPSA) is 88.2 Å². The van der Waals surface area contributed by atoms with Crippen LogP contribution in [0.3, 0.4) is 0 Å². The van der Waals surface area contributed by atoms with E-state index in [1.807, 2.05) is 5.32 Å². The molecule has 5 rings (SSSR count). The molecule has 9 heteroatoms. The molecule has 0 spiro atoms. The lowest BCUT2D eigenvalue weighted by molar-refractivity contribution is -0.136. The van der Waals surface area contributed by atoms with Gasteiger partial charge >= 0.3 is 0 Å². The molecule has 3 amide bonds. The van der Waals surface area contributed by atoms with E-state index in [2.05, 4.69) is 4.74 Å². The van der Waals surface area contributed by atoms with Gasteiger partial charge in [-0.05, 0) is 30.2 Å². The quantitative estimate of drug-likeness (QED) is 0.635. The summed E-state index contributed by atoms with van der Waals surface area (Å²) in [6.07, 6.45) is -0.360. The van der Waals surface area contributed by atoms with Crippen LogP contribution in [0.4, 0.5) is 4.39 Å². The number of carbonyl (C=O) groups is 3. The Balaban J connectivity index is 1.50. The Morgan fingerprint density at radius 3 is 2.79 bits per heavy atom. The second-order valence-electron chi connectivity index (χ2n) is 7.31. The van der Waals surface area contributed by atoms with Gasteiger partial charge in [-0.25, -0.2) is 4.39 Å².